The highest BCUT2D eigenvalue weighted by atomic mass is 16.3. The van der Waals surface area contributed by atoms with Crippen molar-refractivity contribution in [3.63, 3.8) is 0 Å². The van der Waals surface area contributed by atoms with E-state index in [1.165, 1.54) is 22.3 Å². The predicted molar refractivity (Wildman–Crippen MR) is 171 cm³/mol. The molecule has 0 aliphatic heterocycles. The molecule has 1 amide bonds. The van der Waals surface area contributed by atoms with Crippen LogP contribution >= 0.6 is 0 Å². The number of primary amides is 1. The molecule has 2 N–H and O–H groups in total. The zero-order valence-electron chi connectivity index (χ0n) is 24.9. The third-order valence-electron chi connectivity index (χ3n) is 4.84. The van der Waals surface area contributed by atoms with Crippen molar-refractivity contribution in [3.8, 4) is 0 Å². The number of nitroso groups, excluding NO2 is 1. The summed E-state index contributed by atoms with van der Waals surface area (Å²) in [7, 11) is 0. The van der Waals surface area contributed by atoms with Gasteiger partial charge in [0.15, 0.2) is 0 Å². The van der Waals surface area contributed by atoms with Crippen LogP contribution in [0.5, 0.6) is 0 Å². The Morgan fingerprint density at radius 2 is 1.61 bits per heavy atom. The molecule has 1 atom stereocenters. The summed E-state index contributed by atoms with van der Waals surface area (Å²) < 4.78 is 0. The number of allylic oxidation sites excluding steroid dienone is 7. The van der Waals surface area contributed by atoms with E-state index in [4.69, 9.17) is 4.79 Å². The molecule has 4 heteroatoms. The maximum Gasteiger partial charge on any atom is 0.204 e. The molecule has 0 saturated carbocycles. The lowest BCUT2D eigenvalue weighted by atomic mass is 9.91. The second kappa shape index (κ2) is 27.8. The minimum absolute atomic E-state index is 0.237. The standard InChI is InChI=1S/C26H29NO.C3H6.2C2H6.CH3NO/c1-5-8-13-23(7-3)24-14-9-11-21(16-24)17-25(20(4)6-2)18-22-12-10-15-26(19-22)27-28;1-3-2;2*1-2;2-1-3/h5-6,8-16,18-20H,2,7,17H2,1,3-4H3;3H,1H2,2H3;2*1-2H3;1H,(H2,2,3)/b8-5-,23-13+,25-18-;;;;. The van der Waals surface area contributed by atoms with E-state index in [2.05, 4.69) is 86.5 Å². The lowest BCUT2D eigenvalue weighted by molar-refractivity contribution is -0.106. The number of nitrogens with zero attached hydrogens (tertiary/aromatic N) is 1. The van der Waals surface area contributed by atoms with Gasteiger partial charge < -0.3 is 5.73 Å². The van der Waals surface area contributed by atoms with Gasteiger partial charge in [0.1, 0.15) is 5.69 Å². The van der Waals surface area contributed by atoms with E-state index in [9.17, 15) is 4.91 Å². The van der Waals surface area contributed by atoms with Gasteiger partial charge in [0.05, 0.1) is 0 Å². The topological polar surface area (TPSA) is 72.5 Å². The second-order valence-electron chi connectivity index (χ2n) is 7.42. The van der Waals surface area contributed by atoms with E-state index in [-0.39, 0.29) is 12.3 Å². The Labute approximate surface area is 232 Å². The van der Waals surface area contributed by atoms with Crippen LogP contribution in [-0.4, -0.2) is 6.41 Å². The third-order valence-corrected chi connectivity index (χ3v) is 4.84. The quantitative estimate of drug-likeness (QED) is 0.155. The maximum absolute atomic E-state index is 10.8. The molecule has 0 heterocycles. The Kier molecular flexibility index (Phi) is 28.3. The van der Waals surface area contributed by atoms with Gasteiger partial charge in [-0.15, -0.1) is 18.1 Å². The average molecular weight is 519 g/mol. The van der Waals surface area contributed by atoms with Gasteiger partial charge in [0.2, 0.25) is 6.41 Å². The molecule has 4 nitrogen and oxygen atoms in total. The first-order valence-electron chi connectivity index (χ1n) is 13.3. The monoisotopic (exact) mass is 518 g/mol. The van der Waals surface area contributed by atoms with Crippen molar-refractivity contribution in [1.29, 1.82) is 0 Å². The van der Waals surface area contributed by atoms with E-state index >= 15 is 0 Å². The fourth-order valence-electron chi connectivity index (χ4n) is 3.13. The molecule has 38 heavy (non-hydrogen) atoms. The van der Waals surface area contributed by atoms with Gasteiger partial charge in [-0.25, -0.2) is 0 Å². The molecule has 0 radical (unpaired) electrons. The Morgan fingerprint density at radius 3 is 2.11 bits per heavy atom. The SMILES string of the molecule is C=CC.C=CC(C)/C(=C\c1cccc(N=O)c1)Cc1cccc(/C(=C/C=C\C)CC)c1.CC.CC.NC=O. The zero-order valence-corrected chi connectivity index (χ0v) is 24.9. The number of carbonyl (C=O) groups excluding carboxylic acids is 1. The van der Waals surface area contributed by atoms with Gasteiger partial charge in [-0.3, -0.25) is 4.79 Å². The van der Waals surface area contributed by atoms with Gasteiger partial charge in [-0.05, 0) is 72.2 Å². The summed E-state index contributed by atoms with van der Waals surface area (Å²) in [4.78, 5) is 19.4. The van der Waals surface area contributed by atoms with Gasteiger partial charge in [0, 0.05) is 0 Å². The second-order valence-corrected chi connectivity index (χ2v) is 7.42. The summed E-state index contributed by atoms with van der Waals surface area (Å²) in [5, 5.41) is 3.04. The molecule has 0 aliphatic carbocycles. The number of carbonyl (C=O) groups is 1. The van der Waals surface area contributed by atoms with Crippen molar-refractivity contribution in [2.24, 2.45) is 16.8 Å². The maximum atomic E-state index is 10.8. The number of nitrogens with two attached hydrogens (primary N) is 1. The fourth-order valence-corrected chi connectivity index (χ4v) is 3.13. The molecule has 2 rings (SSSR count). The van der Waals surface area contributed by atoms with Gasteiger partial charge in [0.25, 0.3) is 0 Å². The molecule has 1 unspecified atom stereocenters. The minimum Gasteiger partial charge on any atom is -0.372 e. The largest absolute Gasteiger partial charge is 0.372 e. The van der Waals surface area contributed by atoms with Crippen LogP contribution in [0, 0.1) is 10.8 Å². The molecule has 2 aromatic carbocycles. The van der Waals surface area contributed by atoms with Gasteiger partial charge in [-0.2, -0.15) is 0 Å². The average Bonchev–Trinajstić information content (AvgIpc) is 2.96. The molecule has 0 saturated heterocycles. The first-order valence-corrected chi connectivity index (χ1v) is 13.3. The van der Waals surface area contributed by atoms with Crippen molar-refractivity contribution in [1.82, 2.24) is 0 Å². The van der Waals surface area contributed by atoms with Crippen molar-refractivity contribution in [3.05, 3.63) is 119 Å². The smallest absolute Gasteiger partial charge is 0.204 e. The van der Waals surface area contributed by atoms with Crippen LogP contribution in [-0.2, 0) is 11.2 Å². The van der Waals surface area contributed by atoms with Crippen LogP contribution in [0.4, 0.5) is 5.69 Å². The van der Waals surface area contributed by atoms with Crippen molar-refractivity contribution >= 4 is 23.7 Å². The number of rotatable bonds is 9. The minimum atomic E-state index is 0.237. The molecule has 0 aliphatic rings. The summed E-state index contributed by atoms with van der Waals surface area (Å²) in [6, 6.07) is 16.1. The Bertz CT molecular complexity index is 995. The number of hydrogen-bond donors (Lipinski definition) is 1. The van der Waals surface area contributed by atoms with Gasteiger partial charge in [-0.1, -0.05) is 120 Å². The van der Waals surface area contributed by atoms with Crippen molar-refractivity contribution in [2.45, 2.75) is 68.2 Å². The molecular formula is C34H50N2O2. The van der Waals surface area contributed by atoms with Crippen LogP contribution in [0.1, 0.15) is 78.5 Å². The number of hydrogen-bond acceptors (Lipinski definition) is 3. The summed E-state index contributed by atoms with van der Waals surface area (Å²) in [6.45, 7) is 23.6. The molecule has 2 aromatic rings. The Morgan fingerprint density at radius 1 is 1.03 bits per heavy atom. The van der Waals surface area contributed by atoms with E-state index in [0.717, 1.165) is 18.4 Å². The Balaban J connectivity index is -0.00000107. The highest BCUT2D eigenvalue weighted by molar-refractivity contribution is 5.67. The predicted octanol–water partition coefficient (Wildman–Crippen LogP) is 10.2. The summed E-state index contributed by atoms with van der Waals surface area (Å²) >= 11 is 0. The van der Waals surface area contributed by atoms with Crippen LogP contribution in [0.25, 0.3) is 11.6 Å². The van der Waals surface area contributed by atoms with E-state index in [1.54, 1.807) is 12.1 Å². The molecular weight excluding hydrogens is 468 g/mol. The van der Waals surface area contributed by atoms with Crippen molar-refractivity contribution < 1.29 is 4.79 Å². The number of amides is 1. The first kappa shape index (κ1) is 38.7. The van der Waals surface area contributed by atoms with Crippen LogP contribution in [0.15, 0.2) is 103 Å². The van der Waals surface area contributed by atoms with Crippen LogP contribution in [0.2, 0.25) is 0 Å². The zero-order chi connectivity index (χ0) is 29.8. The molecule has 208 valence electrons. The van der Waals surface area contributed by atoms with Crippen molar-refractivity contribution in [2.75, 3.05) is 0 Å². The fraction of sp³-hybridized carbons (Fsp3) is 0.324. The van der Waals surface area contributed by atoms with E-state index in [1.807, 2.05) is 65.8 Å². The summed E-state index contributed by atoms with van der Waals surface area (Å²) in [5.74, 6) is 0.237. The van der Waals surface area contributed by atoms with E-state index < -0.39 is 0 Å². The highest BCUT2D eigenvalue weighted by Crippen LogP contribution is 2.25. The number of benzene rings is 2. The lowest BCUT2D eigenvalue weighted by Gasteiger charge is -2.14. The third kappa shape index (κ3) is 17.6. The lowest BCUT2D eigenvalue weighted by Crippen LogP contribution is -2.00. The molecule has 0 fully saturated rings. The molecule has 0 bridgehead atoms. The molecule has 0 spiro atoms. The normalized spacial score (nSPS) is 10.9. The first-order chi connectivity index (χ1) is 18.4. The van der Waals surface area contributed by atoms with Crippen LogP contribution in [0.3, 0.4) is 0 Å². The summed E-state index contributed by atoms with van der Waals surface area (Å²) in [6.07, 6.45) is 14.2. The van der Waals surface area contributed by atoms with Crippen LogP contribution < -0.4 is 5.73 Å². The summed E-state index contributed by atoms with van der Waals surface area (Å²) in [5.41, 5.74) is 10.7. The van der Waals surface area contributed by atoms with E-state index in [0.29, 0.717) is 5.69 Å². The Hall–Kier alpha value is -3.79. The highest BCUT2D eigenvalue weighted by Gasteiger charge is 2.09. The molecule has 0 aromatic heterocycles. The van der Waals surface area contributed by atoms with Gasteiger partial charge >= 0.3 is 0 Å².